The number of benzene rings is 9. The molecule has 0 atom stereocenters. The Balaban J connectivity index is 0.00000645. The van der Waals surface area contributed by atoms with Gasteiger partial charge < -0.3 is 19.1 Å². The van der Waals surface area contributed by atoms with Crippen LogP contribution in [-0.2, 0) is 31.9 Å². The molecule has 0 fully saturated rings. The predicted molar refractivity (Wildman–Crippen MR) is 308 cm³/mol. The number of hydrogen-bond acceptors (Lipinski definition) is 4. The van der Waals surface area contributed by atoms with E-state index in [1.807, 2.05) is 65.2 Å². The van der Waals surface area contributed by atoms with E-state index in [1.54, 1.807) is 12.3 Å². The molecule has 0 unspecified atom stereocenters. The van der Waals surface area contributed by atoms with Crippen LogP contribution in [0.1, 0.15) is 62.3 Å². The molecule has 0 N–H and O–H groups in total. The molecule has 0 spiro atoms. The molecule has 5 nitrogen and oxygen atoms in total. The van der Waals surface area contributed by atoms with E-state index in [1.165, 1.54) is 5.56 Å². The summed E-state index contributed by atoms with van der Waals surface area (Å²) in [6.45, 7) is 13.2. The average molecular weight is 1160 g/mol. The SMILES string of the molecule is [2H]C([2H])([2H])c1cc(-n2c3[c-]c(Oc4[c-]c(N5[CH-]N(c6c(-c7ccc(C(C)(C)C)cc7)cccc6-c6cccc(-c7ccccc7)c6)c6ccccc65)cc(C(C)(C)C)c4)ccc3c3ccccc32)ncc1-c1ccccc1.[Pt]. The van der Waals surface area contributed by atoms with Crippen LogP contribution in [0.2, 0.25) is 0 Å². The van der Waals surface area contributed by atoms with Crippen molar-refractivity contribution in [3.05, 3.63) is 248 Å². The van der Waals surface area contributed by atoms with Crippen LogP contribution in [0, 0.1) is 25.7 Å². The van der Waals surface area contributed by atoms with E-state index >= 15 is 0 Å². The molecule has 1 aliphatic rings. The van der Waals surface area contributed by atoms with E-state index < -0.39 is 6.85 Å². The van der Waals surface area contributed by atoms with Gasteiger partial charge in [0.25, 0.3) is 0 Å². The second-order valence-corrected chi connectivity index (χ2v) is 21.2. The Morgan fingerprint density at radius 2 is 1.11 bits per heavy atom. The molecule has 12 rings (SSSR count). The number of nitrogens with zero attached hydrogens (tertiary/aromatic N) is 4. The fraction of sp³-hybridized carbons (Fsp3) is 0.130. The van der Waals surface area contributed by atoms with E-state index in [0.29, 0.717) is 28.4 Å². The summed E-state index contributed by atoms with van der Waals surface area (Å²) < 4.78 is 34.7. The zero-order chi connectivity index (χ0) is 53.2. The number of aromatic nitrogens is 2. The number of ether oxygens (including phenoxy) is 1. The van der Waals surface area contributed by atoms with Gasteiger partial charge in [-0.05, 0) is 92.3 Å². The standard InChI is InChI=1S/C69H57N4O.Pt/c1-46-38-66(70-44-61(46)48-22-12-9-13-23-48)73-62-29-15-14-26-59(62)60-37-36-55(43-65(60)73)74-56-41-53(69(5,6)7)40-54(42-56)71-45-72(64-31-17-16-30-63(64)71)67-57(49-32-34-52(35-33-49)68(2,3)4)27-19-28-58(67)51-25-18-24-50(39-51)47-20-10-8-11-21-47;/h8-41,44-45H,1-7H3;/q-3;/i1D3;. The minimum absolute atomic E-state index is 0. The first-order valence-electron chi connectivity index (χ1n) is 26.8. The number of hydrogen-bond donors (Lipinski definition) is 0. The Labute approximate surface area is 460 Å². The smallest absolute Gasteiger partial charge is 0.135 e. The van der Waals surface area contributed by atoms with Crippen molar-refractivity contribution in [2.75, 3.05) is 9.80 Å². The first kappa shape index (κ1) is 45.6. The van der Waals surface area contributed by atoms with E-state index in [9.17, 15) is 0 Å². The molecular weight excluding hydrogens is 1100 g/mol. The Morgan fingerprint density at radius 3 is 1.83 bits per heavy atom. The van der Waals surface area contributed by atoms with Crippen LogP contribution in [-0.4, -0.2) is 9.55 Å². The van der Waals surface area contributed by atoms with Crippen LogP contribution in [0.5, 0.6) is 11.5 Å². The third kappa shape index (κ3) is 9.36. The van der Waals surface area contributed by atoms with Crippen molar-refractivity contribution >= 4 is 44.6 Å². The molecule has 2 aromatic heterocycles. The maximum Gasteiger partial charge on any atom is 0.135 e. The minimum Gasteiger partial charge on any atom is -0.509 e. The largest absolute Gasteiger partial charge is 0.509 e. The predicted octanol–water partition coefficient (Wildman–Crippen LogP) is 18.5. The van der Waals surface area contributed by atoms with Gasteiger partial charge in [-0.25, -0.2) is 4.98 Å². The van der Waals surface area contributed by atoms with Gasteiger partial charge in [0, 0.05) is 82.1 Å². The summed E-state index contributed by atoms with van der Waals surface area (Å²) in [5.74, 6) is 1.48. The van der Waals surface area contributed by atoms with Crippen molar-refractivity contribution < 1.29 is 29.9 Å². The molecule has 372 valence electrons. The maximum absolute atomic E-state index is 8.61. The topological polar surface area (TPSA) is 33.5 Å². The van der Waals surface area contributed by atoms with Gasteiger partial charge in [0.15, 0.2) is 0 Å². The molecule has 3 heterocycles. The molecule has 6 heteroatoms. The Hall–Kier alpha value is -7.98. The number of fused-ring (bicyclic) bond motifs is 4. The Morgan fingerprint density at radius 1 is 0.493 bits per heavy atom. The van der Waals surface area contributed by atoms with Crippen molar-refractivity contribution in [3.63, 3.8) is 0 Å². The molecule has 0 bridgehead atoms. The van der Waals surface area contributed by atoms with E-state index in [4.69, 9.17) is 13.8 Å². The van der Waals surface area contributed by atoms with Gasteiger partial charge in [-0.1, -0.05) is 199 Å². The van der Waals surface area contributed by atoms with Gasteiger partial charge in [-0.2, -0.15) is 6.07 Å². The van der Waals surface area contributed by atoms with Crippen LogP contribution in [0.3, 0.4) is 0 Å². The molecule has 0 radical (unpaired) electrons. The molecule has 0 amide bonds. The van der Waals surface area contributed by atoms with Gasteiger partial charge in [0.1, 0.15) is 5.82 Å². The normalized spacial score (nSPS) is 13.3. The second kappa shape index (κ2) is 19.7. The maximum atomic E-state index is 8.61. The van der Waals surface area contributed by atoms with E-state index in [0.717, 1.165) is 83.5 Å². The van der Waals surface area contributed by atoms with Crippen molar-refractivity contribution in [1.82, 2.24) is 9.55 Å². The Bertz CT molecular complexity index is 4010. The van der Waals surface area contributed by atoms with Gasteiger partial charge in [-0.3, -0.25) is 0 Å². The van der Waals surface area contributed by atoms with Gasteiger partial charge >= 0.3 is 0 Å². The summed E-state index contributed by atoms with van der Waals surface area (Å²) in [6.07, 6.45) is 1.67. The van der Waals surface area contributed by atoms with Crippen LogP contribution >= 0.6 is 0 Å². The second-order valence-electron chi connectivity index (χ2n) is 21.2. The molecule has 9 aromatic carbocycles. The molecule has 0 aliphatic carbocycles. The molecule has 11 aromatic rings. The molecular formula is C69H57N4OPt-3. The molecule has 0 saturated heterocycles. The van der Waals surface area contributed by atoms with Crippen LogP contribution in [0.15, 0.2) is 212 Å². The van der Waals surface area contributed by atoms with Gasteiger partial charge in [0.2, 0.25) is 0 Å². The summed E-state index contributed by atoms with van der Waals surface area (Å²) in [6, 6.07) is 78.5. The van der Waals surface area contributed by atoms with Crippen LogP contribution in [0.4, 0.5) is 22.7 Å². The van der Waals surface area contributed by atoms with Gasteiger partial charge in [0.05, 0.1) is 0 Å². The zero-order valence-electron chi connectivity index (χ0n) is 45.8. The van der Waals surface area contributed by atoms with E-state index in [-0.39, 0.29) is 37.5 Å². The molecule has 75 heavy (non-hydrogen) atoms. The fourth-order valence-corrected chi connectivity index (χ4v) is 10.2. The van der Waals surface area contributed by atoms with Crippen molar-refractivity contribution in [2.24, 2.45) is 0 Å². The monoisotopic (exact) mass is 1160 g/mol. The minimum atomic E-state index is -2.39. The summed E-state index contributed by atoms with van der Waals surface area (Å²) in [7, 11) is 0. The Kier molecular flexibility index (Phi) is 12.0. The zero-order valence-corrected chi connectivity index (χ0v) is 45.1. The summed E-state index contributed by atoms with van der Waals surface area (Å²) in [5, 5.41) is 1.92. The number of aryl methyl sites for hydroxylation is 1. The van der Waals surface area contributed by atoms with Gasteiger partial charge in [-0.15, -0.1) is 53.6 Å². The fourth-order valence-electron chi connectivity index (χ4n) is 10.2. The average Bonchev–Trinajstić information content (AvgIpc) is 4.05. The van der Waals surface area contributed by atoms with Crippen molar-refractivity contribution in [1.29, 1.82) is 0 Å². The number of rotatable bonds is 9. The number of pyridine rings is 1. The third-order valence-corrected chi connectivity index (χ3v) is 14.2. The number of para-hydroxylation sites is 4. The number of anilines is 4. The molecule has 0 saturated carbocycles. The van der Waals surface area contributed by atoms with E-state index in [2.05, 4.69) is 210 Å². The first-order chi connectivity index (χ1) is 37.1. The molecule has 1 aliphatic heterocycles. The van der Waals surface area contributed by atoms with Crippen LogP contribution in [0.25, 0.3) is 72.1 Å². The van der Waals surface area contributed by atoms with Crippen molar-refractivity contribution in [3.8, 4) is 61.8 Å². The summed E-state index contributed by atoms with van der Waals surface area (Å²) in [5.41, 5.74) is 15.9. The summed E-state index contributed by atoms with van der Waals surface area (Å²) >= 11 is 0. The quantitative estimate of drug-likeness (QED) is 0.135. The van der Waals surface area contributed by atoms with Crippen molar-refractivity contribution in [2.45, 2.75) is 59.2 Å². The summed E-state index contributed by atoms with van der Waals surface area (Å²) in [4.78, 5) is 9.49. The first-order valence-corrected chi connectivity index (χ1v) is 25.3. The third-order valence-electron chi connectivity index (χ3n) is 14.2. The van der Waals surface area contributed by atoms with Crippen LogP contribution < -0.4 is 14.5 Å².